The maximum atomic E-state index is 13.1. The first-order chi connectivity index (χ1) is 20.0. The van der Waals surface area contributed by atoms with Crippen molar-refractivity contribution in [3.8, 4) is 28.6 Å². The van der Waals surface area contributed by atoms with Crippen molar-refractivity contribution in [2.75, 3.05) is 13.2 Å². The Morgan fingerprint density at radius 3 is 2.00 bits per heavy atom. The summed E-state index contributed by atoms with van der Waals surface area (Å²) in [4.78, 5) is 13.1. The van der Waals surface area contributed by atoms with Crippen molar-refractivity contribution in [3.63, 3.8) is 0 Å². The highest BCUT2D eigenvalue weighted by Gasteiger charge is 2.52. The molecule has 3 aromatic rings. The normalized spacial score (nSPS) is 33.6. The first-order valence-electron chi connectivity index (χ1n) is 12.9. The number of phenols is 3. The minimum Gasteiger partial charge on any atom is -0.508 e. The van der Waals surface area contributed by atoms with Crippen LogP contribution in [0.15, 0.2) is 45.6 Å². The second-order valence-corrected chi connectivity index (χ2v) is 10.1. The second kappa shape index (κ2) is 11.7. The predicted molar refractivity (Wildman–Crippen MR) is 138 cm³/mol. The van der Waals surface area contributed by atoms with Gasteiger partial charge in [-0.1, -0.05) is 0 Å². The molecule has 5 rings (SSSR count). The number of aliphatic hydroxyl groups excluding tert-OH is 7. The number of aromatic hydroxyl groups is 3. The number of rotatable bonds is 6. The summed E-state index contributed by atoms with van der Waals surface area (Å²) < 4.78 is 22.9. The van der Waals surface area contributed by atoms with Crippen LogP contribution in [0.1, 0.15) is 11.7 Å². The third kappa shape index (κ3) is 5.20. The maximum absolute atomic E-state index is 13.1. The highest BCUT2D eigenvalue weighted by atomic mass is 16.7. The molecule has 2 saturated heterocycles. The summed E-state index contributed by atoms with van der Waals surface area (Å²) >= 11 is 0. The Labute approximate surface area is 236 Å². The number of phenolic OH excluding ortho intramolecular Hbond substituents is 3. The number of hydrogen-bond acceptors (Lipinski definition) is 15. The molecule has 0 radical (unpaired) electrons. The molecule has 42 heavy (non-hydrogen) atoms. The second-order valence-electron chi connectivity index (χ2n) is 10.1. The Kier molecular flexibility index (Phi) is 8.41. The van der Waals surface area contributed by atoms with Crippen LogP contribution in [0.3, 0.4) is 0 Å². The van der Waals surface area contributed by atoms with Crippen LogP contribution in [0.25, 0.3) is 22.3 Å². The van der Waals surface area contributed by atoms with Gasteiger partial charge in [-0.25, -0.2) is 0 Å². The van der Waals surface area contributed by atoms with Gasteiger partial charge in [0.05, 0.1) is 18.8 Å². The fraction of sp³-hybridized carbons (Fsp3) is 0.444. The van der Waals surface area contributed by atoms with Gasteiger partial charge in [-0.15, -0.1) is 0 Å². The number of benzene rings is 2. The van der Waals surface area contributed by atoms with Gasteiger partial charge in [0.1, 0.15) is 83.3 Å². The van der Waals surface area contributed by atoms with Gasteiger partial charge >= 0.3 is 0 Å². The van der Waals surface area contributed by atoms with Gasteiger partial charge in [-0.05, 0) is 24.3 Å². The van der Waals surface area contributed by atoms with Gasteiger partial charge in [0.15, 0.2) is 17.3 Å². The molecule has 1 aromatic heterocycles. The molecule has 3 heterocycles. The third-order valence-corrected chi connectivity index (χ3v) is 7.44. The molecule has 0 unspecified atom stereocenters. The molecule has 2 aromatic carbocycles. The van der Waals surface area contributed by atoms with Crippen LogP contribution in [0.5, 0.6) is 17.2 Å². The Balaban J connectivity index is 1.66. The van der Waals surface area contributed by atoms with Crippen molar-refractivity contribution >= 4 is 11.0 Å². The molecule has 228 valence electrons. The topological polar surface area (TPSA) is 260 Å². The van der Waals surface area contributed by atoms with E-state index < -0.39 is 102 Å². The molecule has 0 saturated carbocycles. The van der Waals surface area contributed by atoms with Gasteiger partial charge in [-0.2, -0.15) is 0 Å². The molecular formula is C27H30O15. The van der Waals surface area contributed by atoms with Crippen LogP contribution in [-0.2, 0) is 14.2 Å². The van der Waals surface area contributed by atoms with E-state index in [-0.39, 0.29) is 17.1 Å². The van der Waals surface area contributed by atoms with Gasteiger partial charge in [0.25, 0.3) is 0 Å². The Morgan fingerprint density at radius 1 is 0.738 bits per heavy atom. The highest BCUT2D eigenvalue weighted by Crippen LogP contribution is 2.45. The lowest BCUT2D eigenvalue weighted by Gasteiger charge is -2.46. The lowest BCUT2D eigenvalue weighted by Crippen LogP contribution is -2.62. The molecule has 0 aliphatic carbocycles. The average molecular weight is 595 g/mol. The van der Waals surface area contributed by atoms with Crippen molar-refractivity contribution in [1.82, 2.24) is 0 Å². The quantitative estimate of drug-likeness (QED) is 0.147. The summed E-state index contributed by atoms with van der Waals surface area (Å²) in [6.45, 7) is -1.61. The minimum absolute atomic E-state index is 0.0553. The van der Waals surface area contributed by atoms with E-state index in [4.69, 9.17) is 18.6 Å². The number of ether oxygens (including phenoxy) is 3. The molecule has 0 bridgehead atoms. The van der Waals surface area contributed by atoms with Gasteiger partial charge in [-0.3, -0.25) is 4.79 Å². The lowest BCUT2D eigenvalue weighted by atomic mass is 9.89. The Hall–Kier alpha value is -3.35. The molecule has 2 aliphatic heterocycles. The van der Waals surface area contributed by atoms with E-state index in [0.717, 1.165) is 12.1 Å². The van der Waals surface area contributed by atoms with E-state index in [1.165, 1.54) is 24.3 Å². The molecule has 15 nitrogen and oxygen atoms in total. The third-order valence-electron chi connectivity index (χ3n) is 7.44. The summed E-state index contributed by atoms with van der Waals surface area (Å²) in [6.07, 6.45) is -17.3. The van der Waals surface area contributed by atoms with E-state index in [1.807, 2.05) is 0 Å². The van der Waals surface area contributed by atoms with E-state index in [2.05, 4.69) is 0 Å². The molecule has 2 aliphatic rings. The summed E-state index contributed by atoms with van der Waals surface area (Å²) in [6, 6.07) is 7.41. The van der Waals surface area contributed by atoms with E-state index in [1.54, 1.807) is 0 Å². The van der Waals surface area contributed by atoms with Crippen molar-refractivity contribution in [2.24, 2.45) is 0 Å². The molecular weight excluding hydrogens is 564 g/mol. The highest BCUT2D eigenvalue weighted by molar-refractivity contribution is 5.89. The Bertz CT molecular complexity index is 1470. The monoisotopic (exact) mass is 594 g/mol. The fourth-order valence-corrected chi connectivity index (χ4v) is 5.17. The van der Waals surface area contributed by atoms with Crippen LogP contribution in [-0.4, -0.2) is 119 Å². The first-order valence-corrected chi connectivity index (χ1v) is 12.9. The maximum Gasteiger partial charge on any atom is 0.197 e. The van der Waals surface area contributed by atoms with Crippen LogP contribution >= 0.6 is 0 Å². The lowest BCUT2D eigenvalue weighted by molar-refractivity contribution is -0.342. The van der Waals surface area contributed by atoms with Crippen molar-refractivity contribution in [1.29, 1.82) is 0 Å². The fourth-order valence-electron chi connectivity index (χ4n) is 5.17. The van der Waals surface area contributed by atoms with Gasteiger partial charge in [0, 0.05) is 17.7 Å². The summed E-state index contributed by atoms with van der Waals surface area (Å²) in [5, 5.41) is 103. The average Bonchev–Trinajstić information content (AvgIpc) is 2.96. The summed E-state index contributed by atoms with van der Waals surface area (Å²) in [7, 11) is 0. The summed E-state index contributed by atoms with van der Waals surface area (Å²) in [5.74, 6) is -1.50. The molecule has 10 atom stereocenters. The van der Waals surface area contributed by atoms with Crippen molar-refractivity contribution < 1.29 is 69.7 Å². The SMILES string of the molecule is O=c1cc(-c2ccc(O)cc2)oc2c([C@H]3O[C@@H](CO)[C@@H](O)[C@@H](O)[C@H]3O[C@H]3O[C@@H](CO)[C@@H](O)[C@@H](O)[C@H]3O)c(O)cc(O)c12. The standard InChI is InChI=1S/C27H30O15/c28-7-15-20(35)22(37)26(42-27-23(38)21(36)19(34)16(8-29)41-27)25(40-15)18-12(32)5-11(31)17-13(33)6-14(39-24(17)18)9-1-3-10(30)4-2-9/h1-6,15-16,19-23,25-32,34-38H,7-8H2/t15-,16-,19+,20+,21+,22+,23+,25+,26+,27+/m0/s1. The predicted octanol–water partition coefficient (Wildman–Crippen LogP) is -2.08. The molecule has 15 heteroatoms. The van der Waals surface area contributed by atoms with Crippen molar-refractivity contribution in [3.05, 3.63) is 52.2 Å². The number of hydrogen-bond donors (Lipinski definition) is 10. The largest absolute Gasteiger partial charge is 0.508 e. The molecule has 0 spiro atoms. The van der Waals surface area contributed by atoms with Gasteiger partial charge in [0.2, 0.25) is 0 Å². The first kappa shape index (κ1) is 30.1. The van der Waals surface area contributed by atoms with Crippen LogP contribution < -0.4 is 5.43 Å². The molecule has 0 amide bonds. The van der Waals surface area contributed by atoms with E-state index in [9.17, 15) is 55.9 Å². The minimum atomic E-state index is -1.92. The van der Waals surface area contributed by atoms with E-state index in [0.29, 0.717) is 5.56 Å². The zero-order chi connectivity index (χ0) is 30.5. The number of aliphatic hydroxyl groups is 7. The zero-order valence-electron chi connectivity index (χ0n) is 21.7. The summed E-state index contributed by atoms with van der Waals surface area (Å²) in [5.41, 5.74) is -1.21. The van der Waals surface area contributed by atoms with Crippen LogP contribution in [0.2, 0.25) is 0 Å². The van der Waals surface area contributed by atoms with Crippen molar-refractivity contribution in [2.45, 2.75) is 61.2 Å². The number of fused-ring (bicyclic) bond motifs is 1. The van der Waals surface area contributed by atoms with E-state index >= 15 is 0 Å². The smallest absolute Gasteiger partial charge is 0.197 e. The zero-order valence-corrected chi connectivity index (χ0v) is 21.7. The Morgan fingerprint density at radius 2 is 1.36 bits per heavy atom. The molecule has 2 fully saturated rings. The van der Waals surface area contributed by atoms with Crippen LogP contribution in [0.4, 0.5) is 0 Å². The van der Waals surface area contributed by atoms with Crippen LogP contribution in [0, 0.1) is 0 Å². The van der Waals surface area contributed by atoms with Gasteiger partial charge < -0.3 is 69.7 Å². The molecule has 10 N–H and O–H groups in total.